The lowest BCUT2D eigenvalue weighted by molar-refractivity contribution is 0.0730. The minimum Gasteiger partial charge on any atom is -0.379 e. The largest absolute Gasteiger partial charge is 0.379 e. The van der Waals surface area contributed by atoms with Gasteiger partial charge < -0.3 is 10.1 Å². The van der Waals surface area contributed by atoms with Gasteiger partial charge >= 0.3 is 0 Å². The van der Waals surface area contributed by atoms with Crippen molar-refractivity contribution in [2.75, 3.05) is 38.6 Å². The van der Waals surface area contributed by atoms with E-state index >= 15 is 0 Å². The maximum Gasteiger partial charge on any atom is 0.251 e. The molecule has 0 aromatic heterocycles. The first-order valence-corrected chi connectivity index (χ1v) is 11.6. The van der Waals surface area contributed by atoms with E-state index in [1.807, 2.05) is 24.3 Å². The summed E-state index contributed by atoms with van der Waals surface area (Å²) in [5.41, 5.74) is 0.428. The standard InChI is InChI=1S/C19H21ClN2O4S2/c20-16-3-5-17(6-4-16)27-14-9-21-19(23)15-1-7-18(8-2-15)28(24,25)22-10-12-26-13-11-22/h1-8H,9-14H2,(H,21,23). The van der Waals surface area contributed by atoms with Crippen LogP contribution >= 0.6 is 23.4 Å². The fourth-order valence-corrected chi connectivity index (χ4v) is 4.98. The molecule has 0 aliphatic carbocycles. The molecule has 3 rings (SSSR count). The van der Waals surface area contributed by atoms with Crippen LogP contribution in [-0.4, -0.2) is 57.2 Å². The number of nitrogens with one attached hydrogen (secondary N) is 1. The third kappa shape index (κ3) is 5.48. The molecule has 0 bridgehead atoms. The molecule has 0 spiro atoms. The van der Waals surface area contributed by atoms with E-state index in [0.717, 1.165) is 10.6 Å². The lowest BCUT2D eigenvalue weighted by Crippen LogP contribution is -2.40. The first kappa shape index (κ1) is 21.1. The highest BCUT2D eigenvalue weighted by atomic mass is 35.5. The molecule has 150 valence electrons. The van der Waals surface area contributed by atoms with E-state index in [1.165, 1.54) is 28.6 Å². The van der Waals surface area contributed by atoms with Crippen LogP contribution in [0.3, 0.4) is 0 Å². The monoisotopic (exact) mass is 440 g/mol. The smallest absolute Gasteiger partial charge is 0.251 e. The van der Waals surface area contributed by atoms with E-state index in [9.17, 15) is 13.2 Å². The summed E-state index contributed by atoms with van der Waals surface area (Å²) in [6.45, 7) is 1.98. The second-order valence-electron chi connectivity index (χ2n) is 6.10. The Hall–Kier alpha value is -1.58. The van der Waals surface area contributed by atoms with Crippen molar-refractivity contribution >= 4 is 39.3 Å². The Bertz CT molecular complexity index is 897. The highest BCUT2D eigenvalue weighted by Crippen LogP contribution is 2.20. The topological polar surface area (TPSA) is 75.7 Å². The highest BCUT2D eigenvalue weighted by Gasteiger charge is 2.26. The second kappa shape index (κ2) is 9.76. The van der Waals surface area contributed by atoms with E-state index in [1.54, 1.807) is 11.8 Å². The van der Waals surface area contributed by atoms with Crippen molar-refractivity contribution in [1.29, 1.82) is 0 Å². The van der Waals surface area contributed by atoms with Gasteiger partial charge in [0.1, 0.15) is 0 Å². The quantitative estimate of drug-likeness (QED) is 0.529. The number of ether oxygens (including phenoxy) is 1. The molecule has 1 saturated heterocycles. The number of carbonyl (C=O) groups excluding carboxylic acids is 1. The van der Waals surface area contributed by atoms with E-state index in [4.69, 9.17) is 16.3 Å². The van der Waals surface area contributed by atoms with Gasteiger partial charge in [-0.2, -0.15) is 4.31 Å². The first-order chi connectivity index (χ1) is 13.5. The Morgan fingerprint density at radius 1 is 1.07 bits per heavy atom. The van der Waals surface area contributed by atoms with Crippen molar-refractivity contribution in [2.24, 2.45) is 0 Å². The van der Waals surface area contributed by atoms with Crippen LogP contribution in [0.1, 0.15) is 10.4 Å². The molecule has 0 saturated carbocycles. The summed E-state index contributed by atoms with van der Waals surface area (Å²) in [5.74, 6) is 0.490. The summed E-state index contributed by atoms with van der Waals surface area (Å²) < 4.78 is 31.8. The number of rotatable bonds is 7. The summed E-state index contributed by atoms with van der Waals surface area (Å²) in [7, 11) is -3.55. The van der Waals surface area contributed by atoms with Crippen molar-refractivity contribution in [2.45, 2.75) is 9.79 Å². The molecule has 1 N–H and O–H groups in total. The van der Waals surface area contributed by atoms with Crippen molar-refractivity contribution in [3.05, 3.63) is 59.1 Å². The maximum absolute atomic E-state index is 12.6. The van der Waals surface area contributed by atoms with Crippen LogP contribution < -0.4 is 5.32 Å². The molecule has 9 heteroatoms. The molecular weight excluding hydrogens is 420 g/mol. The fourth-order valence-electron chi connectivity index (χ4n) is 2.68. The van der Waals surface area contributed by atoms with Gasteiger partial charge in [0.2, 0.25) is 10.0 Å². The van der Waals surface area contributed by atoms with Crippen LogP contribution in [0.5, 0.6) is 0 Å². The van der Waals surface area contributed by atoms with Crippen LogP contribution in [0.4, 0.5) is 0 Å². The van der Waals surface area contributed by atoms with Gasteiger partial charge in [-0.25, -0.2) is 8.42 Å². The summed E-state index contributed by atoms with van der Waals surface area (Å²) in [4.78, 5) is 13.5. The second-order valence-corrected chi connectivity index (χ2v) is 9.64. The Balaban J connectivity index is 1.51. The molecule has 1 aliphatic rings. The number of halogens is 1. The molecule has 2 aromatic carbocycles. The molecule has 1 amide bonds. The van der Waals surface area contributed by atoms with Gasteiger partial charge in [-0.3, -0.25) is 4.79 Å². The molecule has 2 aromatic rings. The summed E-state index contributed by atoms with van der Waals surface area (Å²) >= 11 is 7.47. The minimum atomic E-state index is -3.55. The lowest BCUT2D eigenvalue weighted by Gasteiger charge is -2.26. The Kier molecular flexibility index (Phi) is 7.36. The van der Waals surface area contributed by atoms with Crippen LogP contribution in [-0.2, 0) is 14.8 Å². The van der Waals surface area contributed by atoms with Gasteiger partial charge in [-0.05, 0) is 48.5 Å². The normalized spacial score (nSPS) is 15.3. The maximum atomic E-state index is 12.6. The molecule has 28 heavy (non-hydrogen) atoms. The minimum absolute atomic E-state index is 0.184. The SMILES string of the molecule is O=C(NCCSc1ccc(Cl)cc1)c1ccc(S(=O)(=O)N2CCOCC2)cc1. The van der Waals surface area contributed by atoms with Gasteiger partial charge in [-0.1, -0.05) is 11.6 Å². The van der Waals surface area contributed by atoms with E-state index < -0.39 is 10.0 Å². The Labute approximate surface area is 174 Å². The van der Waals surface area contributed by atoms with Crippen molar-refractivity contribution in [3.8, 4) is 0 Å². The number of thioether (sulfide) groups is 1. The molecule has 6 nitrogen and oxygen atoms in total. The van der Waals surface area contributed by atoms with E-state index in [-0.39, 0.29) is 10.8 Å². The Morgan fingerprint density at radius 2 is 1.71 bits per heavy atom. The fraction of sp³-hybridized carbons (Fsp3) is 0.316. The zero-order valence-corrected chi connectivity index (χ0v) is 17.5. The molecule has 0 radical (unpaired) electrons. The average Bonchev–Trinajstić information content (AvgIpc) is 2.73. The summed E-state index contributed by atoms with van der Waals surface area (Å²) in [6.07, 6.45) is 0. The van der Waals surface area contributed by atoms with Gasteiger partial charge in [0.05, 0.1) is 18.1 Å². The third-order valence-electron chi connectivity index (χ3n) is 4.19. The average molecular weight is 441 g/mol. The zero-order valence-electron chi connectivity index (χ0n) is 15.1. The predicted octanol–water partition coefficient (Wildman–Crippen LogP) is 2.88. The molecule has 0 atom stereocenters. The summed E-state index contributed by atoms with van der Waals surface area (Å²) in [5, 5.41) is 3.53. The number of carbonyl (C=O) groups is 1. The van der Waals surface area contributed by atoms with Crippen LogP contribution in [0.25, 0.3) is 0 Å². The van der Waals surface area contributed by atoms with E-state index in [0.29, 0.717) is 43.4 Å². The molecule has 1 aliphatic heterocycles. The van der Waals surface area contributed by atoms with E-state index in [2.05, 4.69) is 5.32 Å². The lowest BCUT2D eigenvalue weighted by atomic mass is 10.2. The van der Waals surface area contributed by atoms with Gasteiger partial charge in [0.15, 0.2) is 0 Å². The number of benzene rings is 2. The third-order valence-corrected chi connectivity index (χ3v) is 7.37. The molecule has 1 heterocycles. The van der Waals surface area contributed by atoms with Crippen LogP contribution in [0.15, 0.2) is 58.3 Å². The highest BCUT2D eigenvalue weighted by molar-refractivity contribution is 7.99. The van der Waals surface area contributed by atoms with Crippen LogP contribution in [0.2, 0.25) is 5.02 Å². The zero-order chi connectivity index (χ0) is 20.0. The number of nitrogens with zero attached hydrogens (tertiary/aromatic N) is 1. The van der Waals surface area contributed by atoms with Gasteiger partial charge in [0, 0.05) is 40.9 Å². The Morgan fingerprint density at radius 3 is 2.36 bits per heavy atom. The van der Waals surface area contributed by atoms with Crippen molar-refractivity contribution in [1.82, 2.24) is 9.62 Å². The number of morpholine rings is 1. The summed E-state index contributed by atoms with van der Waals surface area (Å²) in [6, 6.07) is 13.5. The van der Waals surface area contributed by atoms with Gasteiger partial charge in [0.25, 0.3) is 5.91 Å². The number of hydrogen-bond acceptors (Lipinski definition) is 5. The predicted molar refractivity (Wildman–Crippen MR) is 111 cm³/mol. The van der Waals surface area contributed by atoms with Crippen molar-refractivity contribution in [3.63, 3.8) is 0 Å². The molecular formula is C19H21ClN2O4S2. The number of sulfonamides is 1. The first-order valence-electron chi connectivity index (χ1n) is 8.81. The number of amides is 1. The molecule has 1 fully saturated rings. The van der Waals surface area contributed by atoms with Crippen LogP contribution in [0, 0.1) is 0 Å². The van der Waals surface area contributed by atoms with Gasteiger partial charge in [-0.15, -0.1) is 11.8 Å². The molecule has 0 unspecified atom stereocenters. The number of hydrogen-bond donors (Lipinski definition) is 1. The van der Waals surface area contributed by atoms with Crippen molar-refractivity contribution < 1.29 is 17.9 Å².